The fourth-order valence-corrected chi connectivity index (χ4v) is 5.07. The quantitative estimate of drug-likeness (QED) is 0.271. The van der Waals surface area contributed by atoms with Crippen molar-refractivity contribution >= 4 is 15.9 Å². The number of sulfonamides is 1. The predicted octanol–water partition coefficient (Wildman–Crippen LogP) is 3.30. The summed E-state index contributed by atoms with van der Waals surface area (Å²) in [4.78, 5) is 11.1. The molecule has 33 heavy (non-hydrogen) atoms. The van der Waals surface area contributed by atoms with Crippen molar-refractivity contribution in [3.8, 4) is 0 Å². The number of hydrogen-bond donors (Lipinski definition) is 1. The summed E-state index contributed by atoms with van der Waals surface area (Å²) in [6.07, 6.45) is 20.4. The fourth-order valence-electron chi connectivity index (χ4n) is 3.90. The van der Waals surface area contributed by atoms with E-state index in [-0.39, 0.29) is 27.4 Å². The smallest absolute Gasteiger partial charge is 0.266 e. The van der Waals surface area contributed by atoms with E-state index in [0.717, 1.165) is 4.48 Å². The Morgan fingerprint density at radius 2 is 1.15 bits per heavy atom. The number of quaternary nitrogens is 1. The molecule has 2 rings (SSSR count). The third-order valence-corrected chi connectivity index (χ3v) is 7.22. The first kappa shape index (κ1) is 32.1. The first-order chi connectivity index (χ1) is 15.2. The summed E-state index contributed by atoms with van der Waals surface area (Å²) >= 11 is 0. The van der Waals surface area contributed by atoms with E-state index >= 15 is 0 Å². The van der Waals surface area contributed by atoms with Crippen LogP contribution in [0.1, 0.15) is 107 Å². The second-order valence-electron chi connectivity index (χ2n) is 10.0. The van der Waals surface area contributed by atoms with E-state index in [1.807, 2.05) is 4.72 Å². The maximum absolute atomic E-state index is 11.1. The van der Waals surface area contributed by atoms with E-state index in [1.165, 1.54) is 109 Å². The van der Waals surface area contributed by atoms with Gasteiger partial charge in [-0.3, -0.25) is 4.79 Å². The zero-order valence-electron chi connectivity index (χ0n) is 21.4. The van der Waals surface area contributed by atoms with Gasteiger partial charge in [-0.2, -0.15) is 0 Å². The lowest BCUT2D eigenvalue weighted by atomic mass is 10.0. The van der Waals surface area contributed by atoms with Crippen LogP contribution < -0.4 is 21.7 Å². The minimum absolute atomic E-state index is 0. The molecule has 0 aromatic heterocycles. The molecule has 0 radical (unpaired) electrons. The third kappa shape index (κ3) is 14.8. The van der Waals surface area contributed by atoms with Crippen LogP contribution in [-0.2, 0) is 10.0 Å². The Morgan fingerprint density at radius 3 is 1.58 bits per heavy atom. The molecule has 0 saturated carbocycles. The summed E-state index contributed by atoms with van der Waals surface area (Å²) in [5.41, 5.74) is 0.220. The highest BCUT2D eigenvalue weighted by atomic mass is 79.9. The topological polar surface area (TPSA) is 63.2 Å². The molecule has 1 heterocycles. The molecule has 1 aromatic rings. The van der Waals surface area contributed by atoms with Crippen LogP contribution in [0.25, 0.3) is 0 Å². The molecule has 0 fully saturated rings. The highest BCUT2D eigenvalue weighted by Crippen LogP contribution is 2.20. The molecular weight excluding hydrogens is 500 g/mol. The summed E-state index contributed by atoms with van der Waals surface area (Å²) in [5.74, 6) is -0.550. The summed E-state index contributed by atoms with van der Waals surface area (Å²) in [6.45, 7) is 3.63. The standard InChI is InChI=1S/C19H42N.C7H5NO3S.BrH/c1-5-6-7-8-9-10-11-12-13-14-15-16-17-18-19-20(2,3)4;9-7-5-3-1-2-4-6(5)12(10,11)8-7;/h5-19H2,1-4H3;1-4H,(H,8,9);1H/q+1;;/p-1. The number of unbranched alkanes of at least 4 members (excludes halogenated alkanes) is 13. The van der Waals surface area contributed by atoms with Gasteiger partial charge in [0, 0.05) is 0 Å². The number of fused-ring (bicyclic) bond motifs is 1. The van der Waals surface area contributed by atoms with Crippen LogP contribution in [0.15, 0.2) is 29.2 Å². The summed E-state index contributed by atoms with van der Waals surface area (Å²) in [7, 11) is 3.33. The molecule has 7 heteroatoms. The number of nitrogens with zero attached hydrogens (tertiary/aromatic N) is 1. The van der Waals surface area contributed by atoms with E-state index in [9.17, 15) is 13.2 Å². The maximum Gasteiger partial charge on any atom is 0.266 e. The highest BCUT2D eigenvalue weighted by molar-refractivity contribution is 7.90. The van der Waals surface area contributed by atoms with Crippen LogP contribution in [0.2, 0.25) is 0 Å². The largest absolute Gasteiger partial charge is 1.00 e. The van der Waals surface area contributed by atoms with Gasteiger partial charge in [0.25, 0.3) is 15.9 Å². The van der Waals surface area contributed by atoms with E-state index in [1.54, 1.807) is 12.1 Å². The summed E-state index contributed by atoms with van der Waals surface area (Å²) in [5, 5.41) is 0. The molecule has 1 aromatic carbocycles. The van der Waals surface area contributed by atoms with Crippen LogP contribution in [-0.4, -0.2) is 46.5 Å². The maximum atomic E-state index is 11.1. The SMILES string of the molecule is CCCCCCCCCCCCCCCC[N+](C)(C)C.O=C1NS(=O)(=O)c2ccccc21.[Br-]. The number of rotatable bonds is 15. The molecule has 1 amide bonds. The lowest BCUT2D eigenvalue weighted by molar-refractivity contribution is -0.870. The van der Waals surface area contributed by atoms with Crippen molar-refractivity contribution < 1.29 is 34.7 Å². The Labute approximate surface area is 214 Å². The number of amides is 1. The molecule has 0 saturated heterocycles. The van der Waals surface area contributed by atoms with Gasteiger partial charge in [-0.25, -0.2) is 13.1 Å². The van der Waals surface area contributed by atoms with Crippen molar-refractivity contribution in [2.45, 2.75) is 102 Å². The Kier molecular flexibility index (Phi) is 17.0. The van der Waals surface area contributed by atoms with Crippen molar-refractivity contribution in [2.75, 3.05) is 27.7 Å². The zero-order valence-corrected chi connectivity index (χ0v) is 23.8. The molecule has 5 nitrogen and oxygen atoms in total. The number of carbonyl (C=O) groups excluding carboxylic acids is 1. The summed E-state index contributed by atoms with van der Waals surface area (Å²) in [6, 6.07) is 6.09. The Hall–Kier alpha value is -0.920. The Balaban J connectivity index is 0.000000666. The van der Waals surface area contributed by atoms with Crippen LogP contribution in [0.3, 0.4) is 0 Å². The molecule has 1 N–H and O–H groups in total. The van der Waals surface area contributed by atoms with E-state index < -0.39 is 15.9 Å². The first-order valence-corrected chi connectivity index (χ1v) is 14.1. The molecular formula is C26H47BrN2O3S. The van der Waals surface area contributed by atoms with Gasteiger partial charge in [-0.15, -0.1) is 0 Å². The lowest BCUT2D eigenvalue weighted by Gasteiger charge is -2.23. The molecule has 0 bridgehead atoms. The van der Waals surface area contributed by atoms with Gasteiger partial charge in [0.15, 0.2) is 0 Å². The van der Waals surface area contributed by atoms with E-state index in [2.05, 4.69) is 28.1 Å². The monoisotopic (exact) mass is 546 g/mol. The Bertz CT molecular complexity index is 761. The van der Waals surface area contributed by atoms with Gasteiger partial charge in [-0.05, 0) is 25.0 Å². The van der Waals surface area contributed by atoms with Crippen molar-refractivity contribution in [1.29, 1.82) is 0 Å². The predicted molar refractivity (Wildman–Crippen MR) is 134 cm³/mol. The van der Waals surface area contributed by atoms with Crippen LogP contribution in [0, 0.1) is 0 Å². The lowest BCUT2D eigenvalue weighted by Crippen LogP contribution is -3.00. The normalized spacial score (nSPS) is 14.0. The van der Waals surface area contributed by atoms with Gasteiger partial charge in [0.05, 0.1) is 33.3 Å². The fraction of sp³-hybridized carbons (Fsp3) is 0.731. The number of carbonyl (C=O) groups is 1. The Morgan fingerprint density at radius 1 is 0.727 bits per heavy atom. The van der Waals surface area contributed by atoms with Crippen molar-refractivity contribution in [1.82, 2.24) is 4.72 Å². The third-order valence-electron chi connectivity index (χ3n) is 5.83. The van der Waals surface area contributed by atoms with E-state index in [0.29, 0.717) is 0 Å². The van der Waals surface area contributed by atoms with Crippen LogP contribution >= 0.6 is 0 Å². The van der Waals surface area contributed by atoms with Crippen molar-refractivity contribution in [2.24, 2.45) is 0 Å². The molecule has 192 valence electrons. The number of benzene rings is 1. The van der Waals surface area contributed by atoms with Gasteiger partial charge < -0.3 is 21.5 Å². The van der Waals surface area contributed by atoms with Gasteiger partial charge in [0.1, 0.15) is 4.90 Å². The van der Waals surface area contributed by atoms with Crippen LogP contribution in [0.4, 0.5) is 0 Å². The molecule has 0 aliphatic carbocycles. The van der Waals surface area contributed by atoms with Crippen molar-refractivity contribution in [3.05, 3.63) is 29.8 Å². The molecule has 1 aliphatic rings. The molecule has 1 aliphatic heterocycles. The highest BCUT2D eigenvalue weighted by Gasteiger charge is 2.31. The summed E-state index contributed by atoms with van der Waals surface area (Å²) < 4.78 is 25.3. The number of nitrogens with one attached hydrogen (secondary N) is 1. The number of halogens is 1. The van der Waals surface area contributed by atoms with Gasteiger partial charge >= 0.3 is 0 Å². The number of hydrogen-bond acceptors (Lipinski definition) is 3. The minimum Gasteiger partial charge on any atom is -1.00 e. The molecule has 0 spiro atoms. The van der Waals surface area contributed by atoms with E-state index in [4.69, 9.17) is 0 Å². The van der Waals surface area contributed by atoms with Gasteiger partial charge in [-0.1, -0.05) is 96.1 Å². The van der Waals surface area contributed by atoms with Crippen LogP contribution in [0.5, 0.6) is 0 Å². The molecule has 0 unspecified atom stereocenters. The van der Waals surface area contributed by atoms with Crippen molar-refractivity contribution in [3.63, 3.8) is 0 Å². The second kappa shape index (κ2) is 17.5. The molecule has 0 atom stereocenters. The zero-order chi connectivity index (χ0) is 23.9. The first-order valence-electron chi connectivity index (χ1n) is 12.6. The average molecular weight is 548 g/mol. The average Bonchev–Trinajstić information content (AvgIpc) is 2.97. The minimum atomic E-state index is -3.55. The second-order valence-corrected chi connectivity index (χ2v) is 11.7. The van der Waals surface area contributed by atoms with Gasteiger partial charge in [0.2, 0.25) is 0 Å².